The monoisotopic (exact) mass is 269 g/mol. The SMILES string of the molecule is FC(F)(F)CCNC(c1ccccc1)c1ccco1. The van der Waals surface area contributed by atoms with Crippen molar-refractivity contribution in [2.75, 3.05) is 6.54 Å². The van der Waals surface area contributed by atoms with Crippen molar-refractivity contribution < 1.29 is 17.6 Å². The van der Waals surface area contributed by atoms with Crippen molar-refractivity contribution in [3.63, 3.8) is 0 Å². The van der Waals surface area contributed by atoms with Gasteiger partial charge < -0.3 is 9.73 Å². The molecule has 0 aliphatic heterocycles. The van der Waals surface area contributed by atoms with Gasteiger partial charge in [0.2, 0.25) is 0 Å². The van der Waals surface area contributed by atoms with Gasteiger partial charge in [0.05, 0.1) is 18.7 Å². The van der Waals surface area contributed by atoms with Crippen LogP contribution in [0.3, 0.4) is 0 Å². The number of nitrogens with one attached hydrogen (secondary N) is 1. The highest BCUT2D eigenvalue weighted by atomic mass is 19.4. The molecule has 0 amide bonds. The van der Waals surface area contributed by atoms with Crippen LogP contribution in [0.1, 0.15) is 23.8 Å². The van der Waals surface area contributed by atoms with Crippen LogP contribution < -0.4 is 5.32 Å². The summed E-state index contributed by atoms with van der Waals surface area (Å²) in [4.78, 5) is 0. The first-order valence-electron chi connectivity index (χ1n) is 5.95. The second kappa shape index (κ2) is 5.93. The lowest BCUT2D eigenvalue weighted by Crippen LogP contribution is -2.26. The molecule has 0 saturated heterocycles. The minimum Gasteiger partial charge on any atom is -0.467 e. The number of hydrogen-bond acceptors (Lipinski definition) is 2. The van der Waals surface area contributed by atoms with E-state index in [1.807, 2.05) is 30.3 Å². The lowest BCUT2D eigenvalue weighted by molar-refractivity contribution is -0.133. The van der Waals surface area contributed by atoms with Crippen LogP contribution in [0.2, 0.25) is 0 Å². The van der Waals surface area contributed by atoms with Gasteiger partial charge in [0, 0.05) is 6.54 Å². The molecule has 5 heteroatoms. The Morgan fingerprint density at radius 2 is 1.79 bits per heavy atom. The first-order valence-corrected chi connectivity index (χ1v) is 5.95. The van der Waals surface area contributed by atoms with E-state index in [4.69, 9.17) is 4.42 Å². The second-order valence-electron chi connectivity index (χ2n) is 4.18. The first kappa shape index (κ1) is 13.7. The molecule has 1 atom stereocenters. The summed E-state index contributed by atoms with van der Waals surface area (Å²) in [5.41, 5.74) is 0.875. The van der Waals surface area contributed by atoms with Crippen molar-refractivity contribution in [2.24, 2.45) is 0 Å². The van der Waals surface area contributed by atoms with E-state index in [1.165, 1.54) is 6.26 Å². The van der Waals surface area contributed by atoms with Crippen LogP contribution in [0.5, 0.6) is 0 Å². The van der Waals surface area contributed by atoms with E-state index in [-0.39, 0.29) is 12.6 Å². The predicted molar refractivity (Wildman–Crippen MR) is 65.7 cm³/mol. The molecule has 0 fully saturated rings. The quantitative estimate of drug-likeness (QED) is 0.890. The predicted octanol–water partition coefficient (Wildman–Crippen LogP) is 3.91. The van der Waals surface area contributed by atoms with Gasteiger partial charge >= 0.3 is 6.18 Å². The van der Waals surface area contributed by atoms with Crippen LogP contribution in [0.25, 0.3) is 0 Å². The summed E-state index contributed by atoms with van der Waals surface area (Å²) in [6.07, 6.45) is -3.51. The van der Waals surface area contributed by atoms with Gasteiger partial charge in [-0.15, -0.1) is 0 Å². The maximum Gasteiger partial charge on any atom is 0.390 e. The zero-order valence-corrected chi connectivity index (χ0v) is 10.2. The van der Waals surface area contributed by atoms with Gasteiger partial charge in [0.1, 0.15) is 5.76 Å². The molecule has 1 N–H and O–H groups in total. The lowest BCUT2D eigenvalue weighted by atomic mass is 10.0. The third kappa shape index (κ3) is 4.13. The molecule has 2 aromatic rings. The second-order valence-corrected chi connectivity index (χ2v) is 4.18. The van der Waals surface area contributed by atoms with Crippen LogP contribution in [0, 0.1) is 0 Å². The average molecular weight is 269 g/mol. The fourth-order valence-corrected chi connectivity index (χ4v) is 1.84. The zero-order chi connectivity index (χ0) is 13.7. The van der Waals surface area contributed by atoms with Crippen LogP contribution in [-0.2, 0) is 0 Å². The number of rotatable bonds is 5. The molecule has 1 aromatic carbocycles. The maximum absolute atomic E-state index is 12.2. The molecule has 1 aromatic heterocycles. The Kier molecular flexibility index (Phi) is 4.27. The summed E-state index contributed by atoms with van der Waals surface area (Å²) < 4.78 is 41.9. The molecule has 1 heterocycles. The minimum absolute atomic E-state index is 0.149. The van der Waals surface area contributed by atoms with E-state index in [2.05, 4.69) is 5.32 Å². The molecule has 2 rings (SSSR count). The summed E-state index contributed by atoms with van der Waals surface area (Å²) in [5, 5.41) is 2.88. The minimum atomic E-state index is -4.16. The molecule has 0 saturated carbocycles. The molecular formula is C14H14F3NO. The average Bonchev–Trinajstić information content (AvgIpc) is 2.88. The number of benzene rings is 1. The van der Waals surface area contributed by atoms with Crippen molar-refractivity contribution in [3.05, 3.63) is 60.1 Å². The van der Waals surface area contributed by atoms with Crippen molar-refractivity contribution in [1.29, 1.82) is 0 Å². The maximum atomic E-state index is 12.2. The van der Waals surface area contributed by atoms with Gasteiger partial charge in [0.25, 0.3) is 0 Å². The molecule has 102 valence electrons. The Morgan fingerprint density at radius 1 is 1.05 bits per heavy atom. The molecule has 0 spiro atoms. The summed E-state index contributed by atoms with van der Waals surface area (Å²) in [6.45, 7) is -0.149. The summed E-state index contributed by atoms with van der Waals surface area (Å²) in [7, 11) is 0. The molecule has 0 radical (unpaired) electrons. The highest BCUT2D eigenvalue weighted by Crippen LogP contribution is 2.24. The largest absolute Gasteiger partial charge is 0.467 e. The van der Waals surface area contributed by atoms with E-state index < -0.39 is 12.6 Å². The van der Waals surface area contributed by atoms with Crippen LogP contribution in [0.15, 0.2) is 53.1 Å². The Labute approximate surface area is 109 Å². The standard InChI is InChI=1S/C14H14F3NO/c15-14(16,17)8-9-18-13(12-7-4-10-19-12)11-5-2-1-3-6-11/h1-7,10,13,18H,8-9H2. The third-order valence-electron chi connectivity index (χ3n) is 2.72. The molecule has 2 nitrogen and oxygen atoms in total. The van der Waals surface area contributed by atoms with E-state index in [0.29, 0.717) is 5.76 Å². The fourth-order valence-electron chi connectivity index (χ4n) is 1.84. The zero-order valence-electron chi connectivity index (χ0n) is 10.2. The highest BCUT2D eigenvalue weighted by molar-refractivity contribution is 5.26. The van der Waals surface area contributed by atoms with Crippen molar-refractivity contribution in [1.82, 2.24) is 5.32 Å². The van der Waals surface area contributed by atoms with Gasteiger partial charge in [-0.2, -0.15) is 13.2 Å². The van der Waals surface area contributed by atoms with Crippen molar-refractivity contribution >= 4 is 0 Å². The van der Waals surface area contributed by atoms with E-state index in [0.717, 1.165) is 5.56 Å². The Balaban J connectivity index is 2.08. The smallest absolute Gasteiger partial charge is 0.390 e. The molecule has 19 heavy (non-hydrogen) atoms. The number of halogens is 3. The Bertz CT molecular complexity index is 479. The van der Waals surface area contributed by atoms with E-state index >= 15 is 0 Å². The normalized spacial score (nSPS) is 13.4. The Hall–Kier alpha value is -1.75. The molecule has 0 bridgehead atoms. The third-order valence-corrected chi connectivity index (χ3v) is 2.72. The highest BCUT2D eigenvalue weighted by Gasteiger charge is 2.27. The van der Waals surface area contributed by atoms with Crippen LogP contribution in [-0.4, -0.2) is 12.7 Å². The summed E-state index contributed by atoms with van der Waals surface area (Å²) in [5.74, 6) is 0.605. The van der Waals surface area contributed by atoms with Gasteiger partial charge in [-0.25, -0.2) is 0 Å². The van der Waals surface area contributed by atoms with Gasteiger partial charge in [-0.3, -0.25) is 0 Å². The van der Waals surface area contributed by atoms with E-state index in [1.54, 1.807) is 12.1 Å². The van der Waals surface area contributed by atoms with Crippen LogP contribution >= 0.6 is 0 Å². The molecule has 0 aliphatic carbocycles. The fraction of sp³-hybridized carbons (Fsp3) is 0.286. The number of alkyl halides is 3. The van der Waals surface area contributed by atoms with Gasteiger partial charge in [0.15, 0.2) is 0 Å². The number of furan rings is 1. The van der Waals surface area contributed by atoms with Gasteiger partial charge in [-0.1, -0.05) is 30.3 Å². The molecule has 0 aliphatic rings. The Morgan fingerprint density at radius 3 is 2.37 bits per heavy atom. The number of hydrogen-bond donors (Lipinski definition) is 1. The molecule has 1 unspecified atom stereocenters. The molecular weight excluding hydrogens is 255 g/mol. The lowest BCUT2D eigenvalue weighted by Gasteiger charge is -2.17. The first-order chi connectivity index (χ1) is 9.06. The topological polar surface area (TPSA) is 25.2 Å². The van der Waals surface area contributed by atoms with Crippen molar-refractivity contribution in [3.8, 4) is 0 Å². The van der Waals surface area contributed by atoms with Crippen molar-refractivity contribution in [2.45, 2.75) is 18.6 Å². The van der Waals surface area contributed by atoms with Gasteiger partial charge in [-0.05, 0) is 17.7 Å². The summed E-state index contributed by atoms with van der Waals surface area (Å²) >= 11 is 0. The van der Waals surface area contributed by atoms with Crippen LogP contribution in [0.4, 0.5) is 13.2 Å². The van der Waals surface area contributed by atoms with E-state index in [9.17, 15) is 13.2 Å². The summed E-state index contributed by atoms with van der Waals surface area (Å²) in [6, 6.07) is 12.4.